The minimum atomic E-state index is -3.70. The van der Waals surface area contributed by atoms with Gasteiger partial charge in [0.2, 0.25) is 10.0 Å². The zero-order valence-electron chi connectivity index (χ0n) is 10.5. The monoisotopic (exact) mass is 294 g/mol. The van der Waals surface area contributed by atoms with E-state index < -0.39 is 21.9 Å². The Bertz CT molecular complexity index is 666. The molecule has 1 aromatic heterocycles. The lowest BCUT2D eigenvalue weighted by molar-refractivity contribution is -0.138. The van der Waals surface area contributed by atoms with Crippen LogP contribution in [0.2, 0.25) is 0 Å². The van der Waals surface area contributed by atoms with Crippen LogP contribution in [-0.4, -0.2) is 31.0 Å². The van der Waals surface area contributed by atoms with E-state index in [9.17, 15) is 18.3 Å². The highest BCUT2D eigenvalue weighted by Crippen LogP contribution is 2.16. The molecule has 0 saturated carbocycles. The van der Waals surface area contributed by atoms with Crippen LogP contribution >= 0.6 is 0 Å². The van der Waals surface area contributed by atoms with Crippen molar-refractivity contribution in [2.24, 2.45) is 0 Å². The first-order valence-electron chi connectivity index (χ1n) is 5.91. The molecule has 0 bridgehead atoms. The Morgan fingerprint density at radius 1 is 1.25 bits per heavy atom. The van der Waals surface area contributed by atoms with Crippen molar-refractivity contribution < 1.29 is 18.3 Å². The summed E-state index contributed by atoms with van der Waals surface area (Å²) in [7, 11) is -3.70. The molecule has 7 heteroatoms. The molecule has 1 aromatic carbocycles. The number of carboxylic acids is 1. The number of rotatable bonds is 6. The largest absolute Gasteiger partial charge is 0.481 e. The summed E-state index contributed by atoms with van der Waals surface area (Å²) in [6, 6.07) is 9.91. The molecule has 0 spiro atoms. The van der Waals surface area contributed by atoms with Gasteiger partial charge in [0.1, 0.15) is 0 Å². The molecule has 20 heavy (non-hydrogen) atoms. The molecule has 1 atom stereocenters. The van der Waals surface area contributed by atoms with Crippen LogP contribution in [0, 0.1) is 0 Å². The maximum atomic E-state index is 11.9. The average Bonchev–Trinajstić information content (AvgIpc) is 2.94. The van der Waals surface area contributed by atoms with Crippen LogP contribution in [0.15, 0.2) is 53.7 Å². The van der Waals surface area contributed by atoms with E-state index >= 15 is 0 Å². The summed E-state index contributed by atoms with van der Waals surface area (Å²) in [5, 5.41) is 9.21. The third-order valence-electron chi connectivity index (χ3n) is 2.86. The zero-order chi connectivity index (χ0) is 14.6. The number of hydrogen-bond acceptors (Lipinski definition) is 3. The lowest BCUT2D eigenvalue weighted by atomic mass is 10.00. The van der Waals surface area contributed by atoms with Gasteiger partial charge in [-0.05, 0) is 11.6 Å². The molecule has 0 amide bonds. The molecule has 0 aliphatic carbocycles. The van der Waals surface area contributed by atoms with Gasteiger partial charge >= 0.3 is 5.97 Å². The second-order valence-corrected chi connectivity index (χ2v) is 5.97. The van der Waals surface area contributed by atoms with E-state index in [1.165, 1.54) is 18.5 Å². The van der Waals surface area contributed by atoms with E-state index in [4.69, 9.17) is 0 Å². The summed E-state index contributed by atoms with van der Waals surface area (Å²) in [5.41, 5.74) is 0.553. The predicted octanol–water partition coefficient (Wildman–Crippen LogP) is 1.16. The fourth-order valence-corrected chi connectivity index (χ4v) is 2.81. The van der Waals surface area contributed by atoms with Crippen molar-refractivity contribution in [3.63, 3.8) is 0 Å². The first kappa shape index (κ1) is 14.3. The lowest BCUT2D eigenvalue weighted by Gasteiger charge is -2.13. The summed E-state index contributed by atoms with van der Waals surface area (Å²) < 4.78 is 26.2. The second kappa shape index (κ2) is 5.89. The van der Waals surface area contributed by atoms with Crippen molar-refractivity contribution in [3.8, 4) is 0 Å². The Balaban J connectivity index is 2.13. The van der Waals surface area contributed by atoms with Crippen molar-refractivity contribution in [1.82, 2.24) is 9.71 Å². The standard InChI is InChI=1S/C13H14N2O4S/c16-13(17)12(10-4-2-1-3-5-10)9-15-20(18,19)11-6-7-14-8-11/h1-8,12,14-15H,9H2,(H,16,17). The molecule has 1 heterocycles. The van der Waals surface area contributed by atoms with Gasteiger partial charge in [0.25, 0.3) is 0 Å². The van der Waals surface area contributed by atoms with E-state index in [1.54, 1.807) is 30.3 Å². The molecule has 1 unspecified atom stereocenters. The Morgan fingerprint density at radius 2 is 1.95 bits per heavy atom. The van der Waals surface area contributed by atoms with Gasteiger partial charge in [0.05, 0.1) is 10.8 Å². The normalized spacial score (nSPS) is 13.0. The number of nitrogens with one attached hydrogen (secondary N) is 2. The van der Waals surface area contributed by atoms with E-state index in [-0.39, 0.29) is 11.4 Å². The SMILES string of the molecule is O=C(O)C(CNS(=O)(=O)c1cc[nH]c1)c1ccccc1. The predicted molar refractivity (Wildman–Crippen MR) is 72.8 cm³/mol. The summed E-state index contributed by atoms with van der Waals surface area (Å²) in [6.07, 6.45) is 2.82. The number of H-pyrrole nitrogens is 1. The van der Waals surface area contributed by atoms with E-state index in [0.29, 0.717) is 5.56 Å². The molecule has 0 aliphatic heterocycles. The highest BCUT2D eigenvalue weighted by atomic mass is 32.2. The number of benzene rings is 1. The van der Waals surface area contributed by atoms with Crippen LogP contribution in [0.1, 0.15) is 11.5 Å². The van der Waals surface area contributed by atoms with Gasteiger partial charge < -0.3 is 10.1 Å². The highest BCUT2D eigenvalue weighted by molar-refractivity contribution is 7.89. The molecule has 3 N–H and O–H groups in total. The number of sulfonamides is 1. The van der Waals surface area contributed by atoms with Crippen LogP contribution in [0.4, 0.5) is 0 Å². The molecule has 106 valence electrons. The van der Waals surface area contributed by atoms with Gasteiger partial charge in [0.15, 0.2) is 0 Å². The van der Waals surface area contributed by atoms with Gasteiger partial charge in [-0.3, -0.25) is 4.79 Å². The first-order valence-corrected chi connectivity index (χ1v) is 7.39. The smallest absolute Gasteiger partial charge is 0.312 e. The number of aromatic nitrogens is 1. The number of carbonyl (C=O) groups is 1. The van der Waals surface area contributed by atoms with Gasteiger partial charge in [-0.2, -0.15) is 0 Å². The summed E-state index contributed by atoms with van der Waals surface area (Å²) in [5.74, 6) is -2.00. The van der Waals surface area contributed by atoms with Gasteiger partial charge in [-0.1, -0.05) is 30.3 Å². The fraction of sp³-hybridized carbons (Fsp3) is 0.154. The van der Waals surface area contributed by atoms with Crippen LogP contribution in [0.25, 0.3) is 0 Å². The molecule has 0 saturated heterocycles. The number of aromatic amines is 1. The van der Waals surface area contributed by atoms with Crippen LogP contribution in [0.5, 0.6) is 0 Å². The Labute approximate surface area is 116 Å². The number of aliphatic carboxylic acids is 1. The Kier molecular flexibility index (Phi) is 4.21. The van der Waals surface area contributed by atoms with Crippen LogP contribution in [0.3, 0.4) is 0 Å². The van der Waals surface area contributed by atoms with Gasteiger partial charge in [-0.15, -0.1) is 0 Å². The van der Waals surface area contributed by atoms with Crippen LogP contribution in [-0.2, 0) is 14.8 Å². The molecule has 6 nitrogen and oxygen atoms in total. The summed E-state index contributed by atoms with van der Waals surface area (Å²) >= 11 is 0. The van der Waals surface area contributed by atoms with Gasteiger partial charge in [0, 0.05) is 18.9 Å². The molecule has 0 fully saturated rings. The van der Waals surface area contributed by atoms with Crippen LogP contribution < -0.4 is 4.72 Å². The average molecular weight is 294 g/mol. The third-order valence-corrected chi connectivity index (χ3v) is 4.28. The van der Waals surface area contributed by atoms with E-state index in [1.807, 2.05) is 0 Å². The number of carboxylic acid groups (broad SMARTS) is 1. The Hall–Kier alpha value is -2.12. The highest BCUT2D eigenvalue weighted by Gasteiger charge is 2.23. The molecular weight excluding hydrogens is 280 g/mol. The molecule has 2 aromatic rings. The fourth-order valence-electron chi connectivity index (χ4n) is 1.79. The molecule has 0 radical (unpaired) electrons. The second-order valence-electron chi connectivity index (χ2n) is 4.20. The quantitative estimate of drug-likeness (QED) is 0.744. The van der Waals surface area contributed by atoms with Crippen molar-refractivity contribution in [2.75, 3.05) is 6.54 Å². The number of hydrogen-bond donors (Lipinski definition) is 3. The molecule has 0 aliphatic rings. The zero-order valence-corrected chi connectivity index (χ0v) is 11.3. The topological polar surface area (TPSA) is 99.3 Å². The van der Waals surface area contributed by atoms with Crippen molar-refractivity contribution >= 4 is 16.0 Å². The van der Waals surface area contributed by atoms with E-state index in [2.05, 4.69) is 9.71 Å². The minimum absolute atomic E-state index is 0.0784. The summed E-state index contributed by atoms with van der Waals surface area (Å²) in [6.45, 7) is -0.202. The van der Waals surface area contributed by atoms with E-state index in [0.717, 1.165) is 0 Å². The molecular formula is C13H14N2O4S. The lowest BCUT2D eigenvalue weighted by Crippen LogP contribution is -2.31. The molecule has 2 rings (SSSR count). The summed E-state index contributed by atoms with van der Waals surface area (Å²) in [4.78, 5) is 14.0. The maximum absolute atomic E-state index is 11.9. The first-order chi connectivity index (χ1) is 9.50. The Morgan fingerprint density at radius 3 is 2.50 bits per heavy atom. The maximum Gasteiger partial charge on any atom is 0.312 e. The van der Waals surface area contributed by atoms with Crippen molar-refractivity contribution in [2.45, 2.75) is 10.8 Å². The van der Waals surface area contributed by atoms with Gasteiger partial charge in [-0.25, -0.2) is 13.1 Å². The minimum Gasteiger partial charge on any atom is -0.481 e. The van der Waals surface area contributed by atoms with Crippen molar-refractivity contribution in [3.05, 3.63) is 54.4 Å². The van der Waals surface area contributed by atoms with Crippen molar-refractivity contribution in [1.29, 1.82) is 0 Å². The third kappa shape index (κ3) is 3.25.